The molecule has 0 fully saturated rings. The Morgan fingerprint density at radius 3 is 2.96 bits per heavy atom. The molecule has 0 amide bonds. The molecule has 0 aromatic carbocycles. The number of nitrogens with zero attached hydrogens (tertiary/aromatic N) is 4. The largest absolute Gasteiger partial charge is 0.469 e. The minimum atomic E-state index is 0.659. The molecule has 3 aromatic heterocycles. The first kappa shape index (κ1) is 16.0. The van der Waals surface area contributed by atoms with Crippen LogP contribution in [-0.2, 0) is 18.7 Å². The van der Waals surface area contributed by atoms with Gasteiger partial charge < -0.3 is 4.42 Å². The maximum atomic E-state index is 5.38. The summed E-state index contributed by atoms with van der Waals surface area (Å²) in [5.74, 6) is 2.44. The van der Waals surface area contributed by atoms with Crippen LogP contribution in [0, 0.1) is 6.92 Å². The average Bonchev–Trinajstić information content (AvgIpc) is 3.26. The number of aryl methyl sites for hydroxylation is 2. The van der Waals surface area contributed by atoms with Crippen molar-refractivity contribution in [3.8, 4) is 11.4 Å². The summed E-state index contributed by atoms with van der Waals surface area (Å²) in [6.07, 6.45) is 4.50. The van der Waals surface area contributed by atoms with E-state index in [-0.39, 0.29) is 0 Å². The van der Waals surface area contributed by atoms with E-state index >= 15 is 0 Å². The second kappa shape index (κ2) is 7.14. The zero-order valence-corrected chi connectivity index (χ0v) is 14.8. The molecule has 0 atom stereocenters. The van der Waals surface area contributed by atoms with Gasteiger partial charge in [0.2, 0.25) is 0 Å². The lowest BCUT2D eigenvalue weighted by atomic mass is 10.2. The highest BCUT2D eigenvalue weighted by atomic mass is 32.2. The fourth-order valence-electron chi connectivity index (χ4n) is 2.22. The van der Waals surface area contributed by atoms with E-state index in [0.29, 0.717) is 6.54 Å². The van der Waals surface area contributed by atoms with Crippen LogP contribution < -0.4 is 0 Å². The molecule has 5 nitrogen and oxygen atoms in total. The molecular weight excluding hydrogens is 328 g/mol. The summed E-state index contributed by atoms with van der Waals surface area (Å²) >= 11 is 3.35. The van der Waals surface area contributed by atoms with Crippen molar-refractivity contribution in [1.82, 2.24) is 19.7 Å². The first-order chi connectivity index (χ1) is 11.2. The van der Waals surface area contributed by atoms with Gasteiger partial charge in [-0.1, -0.05) is 24.8 Å². The normalized spacial score (nSPS) is 11.0. The molecule has 0 N–H and O–H groups in total. The van der Waals surface area contributed by atoms with Crippen molar-refractivity contribution in [3.63, 3.8) is 0 Å². The highest BCUT2D eigenvalue weighted by Gasteiger charge is 2.17. The van der Waals surface area contributed by atoms with Gasteiger partial charge in [-0.3, -0.25) is 4.57 Å². The van der Waals surface area contributed by atoms with Crippen molar-refractivity contribution in [1.29, 1.82) is 0 Å². The van der Waals surface area contributed by atoms with Gasteiger partial charge in [0.25, 0.3) is 0 Å². The van der Waals surface area contributed by atoms with Crippen LogP contribution in [0.25, 0.3) is 11.4 Å². The zero-order valence-electron chi connectivity index (χ0n) is 13.2. The summed E-state index contributed by atoms with van der Waals surface area (Å²) in [6.45, 7) is 8.54. The maximum absolute atomic E-state index is 5.38. The van der Waals surface area contributed by atoms with E-state index in [4.69, 9.17) is 4.42 Å². The Bertz CT molecular complexity index is 803. The molecule has 3 aromatic rings. The maximum Gasteiger partial charge on any atom is 0.192 e. The molecule has 3 heterocycles. The zero-order chi connectivity index (χ0) is 16.2. The number of thiazole rings is 1. The highest BCUT2D eigenvalue weighted by molar-refractivity contribution is 7.98. The first-order valence-electron chi connectivity index (χ1n) is 7.37. The summed E-state index contributed by atoms with van der Waals surface area (Å²) in [4.78, 5) is 4.60. The molecular formula is C16H18N4OS2. The lowest BCUT2D eigenvalue weighted by Crippen LogP contribution is -2.01. The van der Waals surface area contributed by atoms with Gasteiger partial charge in [0.05, 0.1) is 22.5 Å². The number of hydrogen-bond donors (Lipinski definition) is 0. The monoisotopic (exact) mass is 346 g/mol. The van der Waals surface area contributed by atoms with E-state index in [2.05, 4.69) is 38.6 Å². The standard InChI is InChI=1S/C16H18N4OS2/c1-4-7-20-15(13-6-8-21-11(13)3)18-19-16(20)23-10-12-9-22-14(5-2)17-12/h4,6,8-9H,1,5,7,10H2,2-3H3. The summed E-state index contributed by atoms with van der Waals surface area (Å²) in [5.41, 5.74) is 2.05. The minimum Gasteiger partial charge on any atom is -0.469 e. The van der Waals surface area contributed by atoms with E-state index in [1.807, 2.05) is 19.1 Å². The van der Waals surface area contributed by atoms with E-state index in [1.165, 1.54) is 5.01 Å². The molecule has 0 saturated carbocycles. The lowest BCUT2D eigenvalue weighted by molar-refractivity contribution is 0.534. The molecule has 0 unspecified atom stereocenters. The topological polar surface area (TPSA) is 56.7 Å². The van der Waals surface area contributed by atoms with Crippen LogP contribution in [0.4, 0.5) is 0 Å². The number of thioether (sulfide) groups is 1. The van der Waals surface area contributed by atoms with Gasteiger partial charge >= 0.3 is 0 Å². The van der Waals surface area contributed by atoms with Crippen molar-refractivity contribution in [2.24, 2.45) is 0 Å². The number of aromatic nitrogens is 4. The molecule has 0 aliphatic rings. The van der Waals surface area contributed by atoms with Gasteiger partial charge in [0, 0.05) is 17.7 Å². The molecule has 120 valence electrons. The molecule has 0 bridgehead atoms. The van der Waals surface area contributed by atoms with Gasteiger partial charge in [-0.15, -0.1) is 28.1 Å². The third-order valence-electron chi connectivity index (χ3n) is 3.38. The summed E-state index contributed by atoms with van der Waals surface area (Å²) in [5, 5.41) is 12.8. The van der Waals surface area contributed by atoms with Crippen LogP contribution in [0.5, 0.6) is 0 Å². The van der Waals surface area contributed by atoms with Crippen molar-refractivity contribution >= 4 is 23.1 Å². The van der Waals surface area contributed by atoms with Crippen molar-refractivity contribution in [2.45, 2.75) is 37.7 Å². The van der Waals surface area contributed by atoms with Crippen LogP contribution >= 0.6 is 23.1 Å². The predicted octanol–water partition coefficient (Wildman–Crippen LogP) is 4.34. The van der Waals surface area contributed by atoms with Gasteiger partial charge in [-0.05, 0) is 19.4 Å². The Morgan fingerprint density at radius 2 is 2.30 bits per heavy atom. The van der Waals surface area contributed by atoms with E-state index in [0.717, 1.165) is 40.2 Å². The van der Waals surface area contributed by atoms with E-state index < -0.39 is 0 Å². The van der Waals surface area contributed by atoms with Crippen LogP contribution in [0.1, 0.15) is 23.4 Å². The van der Waals surface area contributed by atoms with Gasteiger partial charge in [0.1, 0.15) is 5.76 Å². The third-order valence-corrected chi connectivity index (χ3v) is 5.42. The Morgan fingerprint density at radius 1 is 1.43 bits per heavy atom. The van der Waals surface area contributed by atoms with Crippen LogP contribution in [0.3, 0.4) is 0 Å². The smallest absolute Gasteiger partial charge is 0.192 e. The van der Waals surface area contributed by atoms with Crippen molar-refractivity contribution in [2.75, 3.05) is 0 Å². The van der Waals surface area contributed by atoms with Crippen molar-refractivity contribution in [3.05, 3.63) is 46.8 Å². The molecule has 0 spiro atoms. The van der Waals surface area contributed by atoms with Crippen molar-refractivity contribution < 1.29 is 4.42 Å². The molecule has 0 aliphatic carbocycles. The lowest BCUT2D eigenvalue weighted by Gasteiger charge is -2.06. The van der Waals surface area contributed by atoms with Crippen LogP contribution in [-0.4, -0.2) is 19.7 Å². The first-order valence-corrected chi connectivity index (χ1v) is 9.24. The summed E-state index contributed by atoms with van der Waals surface area (Å²) in [6, 6.07) is 1.92. The number of hydrogen-bond acceptors (Lipinski definition) is 6. The minimum absolute atomic E-state index is 0.659. The molecule has 3 rings (SSSR count). The Hall–Kier alpha value is -1.86. The molecule has 7 heteroatoms. The fraction of sp³-hybridized carbons (Fsp3) is 0.312. The van der Waals surface area contributed by atoms with Gasteiger partial charge in [-0.25, -0.2) is 4.98 Å². The second-order valence-corrected chi connectivity index (χ2v) is 6.86. The van der Waals surface area contributed by atoms with Gasteiger partial charge in [0.15, 0.2) is 11.0 Å². The molecule has 0 aliphatic heterocycles. The molecule has 23 heavy (non-hydrogen) atoms. The molecule has 0 saturated heterocycles. The highest BCUT2D eigenvalue weighted by Crippen LogP contribution is 2.29. The molecule has 0 radical (unpaired) electrons. The third kappa shape index (κ3) is 3.40. The number of allylic oxidation sites excluding steroid dienone is 1. The summed E-state index contributed by atoms with van der Waals surface area (Å²) < 4.78 is 7.44. The number of furan rings is 1. The van der Waals surface area contributed by atoms with Crippen LogP contribution in [0.2, 0.25) is 0 Å². The SMILES string of the molecule is C=CCn1c(SCc2csc(CC)n2)nnc1-c1ccoc1C. The summed E-state index contributed by atoms with van der Waals surface area (Å²) in [7, 11) is 0. The van der Waals surface area contributed by atoms with Crippen LogP contribution in [0.15, 0.2) is 39.9 Å². The predicted molar refractivity (Wildman–Crippen MR) is 93.7 cm³/mol. The second-order valence-electron chi connectivity index (χ2n) is 4.97. The average molecular weight is 346 g/mol. The van der Waals surface area contributed by atoms with E-state index in [1.54, 1.807) is 29.4 Å². The Labute approximate surface area is 143 Å². The Kier molecular flexibility index (Phi) is 4.97. The fourth-order valence-corrected chi connectivity index (χ4v) is 3.91. The quantitative estimate of drug-likeness (QED) is 0.470. The Balaban J connectivity index is 1.83. The van der Waals surface area contributed by atoms with Gasteiger partial charge in [-0.2, -0.15) is 0 Å². The van der Waals surface area contributed by atoms with E-state index in [9.17, 15) is 0 Å². The number of rotatable bonds is 7.